The lowest BCUT2D eigenvalue weighted by Crippen LogP contribution is -2.16. The molecule has 0 bridgehead atoms. The van der Waals surface area contributed by atoms with Crippen LogP contribution in [-0.4, -0.2) is 16.9 Å². The predicted molar refractivity (Wildman–Crippen MR) is 81.4 cm³/mol. The average molecular weight is 366 g/mol. The van der Waals surface area contributed by atoms with Crippen LogP contribution in [0.1, 0.15) is 10.4 Å². The molecule has 0 atom stereocenters. The third kappa shape index (κ3) is 3.93. The summed E-state index contributed by atoms with van der Waals surface area (Å²) >= 11 is 17.1. The first-order valence-corrected chi connectivity index (χ1v) is 7.69. The molecule has 6 heteroatoms. The summed E-state index contributed by atoms with van der Waals surface area (Å²) in [6.07, 6.45) is 1.73. The highest BCUT2D eigenvalue weighted by molar-refractivity contribution is 9.10. The van der Waals surface area contributed by atoms with Gasteiger partial charge in [-0.05, 0) is 35.1 Å². The highest BCUT2D eigenvalue weighted by Crippen LogP contribution is 2.23. The second-order valence-corrected chi connectivity index (χ2v) is 6.71. The van der Waals surface area contributed by atoms with E-state index in [0.29, 0.717) is 10.2 Å². The molecule has 0 saturated carbocycles. The van der Waals surface area contributed by atoms with Crippen molar-refractivity contribution >= 4 is 50.5 Å². The van der Waals surface area contributed by atoms with E-state index in [4.69, 9.17) is 23.2 Å². The van der Waals surface area contributed by atoms with Crippen LogP contribution in [0.3, 0.4) is 0 Å². The zero-order valence-corrected chi connectivity index (χ0v) is 13.6. The highest BCUT2D eigenvalue weighted by atomic mass is 79.9. The van der Waals surface area contributed by atoms with Gasteiger partial charge in [0.1, 0.15) is 5.15 Å². The zero-order valence-electron chi connectivity index (χ0n) is 9.66. The van der Waals surface area contributed by atoms with Gasteiger partial charge in [-0.15, -0.1) is 11.3 Å². The second-order valence-electron chi connectivity index (χ2n) is 4.00. The summed E-state index contributed by atoms with van der Waals surface area (Å²) < 4.78 is 1.13. The van der Waals surface area contributed by atoms with E-state index in [9.17, 15) is 0 Å². The molecule has 0 amide bonds. The van der Waals surface area contributed by atoms with E-state index in [1.807, 2.05) is 0 Å². The van der Waals surface area contributed by atoms with Gasteiger partial charge in [-0.3, -0.25) is 4.90 Å². The Hall–Kier alpha value is -0.130. The third-order valence-corrected chi connectivity index (χ3v) is 4.63. The lowest BCUT2D eigenvalue weighted by molar-refractivity contribution is 0.321. The van der Waals surface area contributed by atoms with Gasteiger partial charge in [0.15, 0.2) is 0 Å². The fraction of sp³-hybridized carbons (Fsp3) is 0.250. The van der Waals surface area contributed by atoms with Gasteiger partial charge in [-0.2, -0.15) is 0 Å². The summed E-state index contributed by atoms with van der Waals surface area (Å²) in [6, 6.07) is 3.80. The Balaban J connectivity index is 2.00. The van der Waals surface area contributed by atoms with Crippen LogP contribution >= 0.6 is 50.5 Å². The molecule has 0 radical (unpaired) electrons. The van der Waals surface area contributed by atoms with Crippen LogP contribution < -0.4 is 0 Å². The topological polar surface area (TPSA) is 16.1 Å². The Morgan fingerprint density at radius 1 is 1.33 bits per heavy atom. The number of hydrogen-bond donors (Lipinski definition) is 0. The molecule has 0 aliphatic heterocycles. The van der Waals surface area contributed by atoms with E-state index < -0.39 is 0 Å². The molecule has 2 aromatic heterocycles. The van der Waals surface area contributed by atoms with Crippen molar-refractivity contribution in [2.75, 3.05) is 7.05 Å². The Kier molecular flexibility index (Phi) is 5.04. The van der Waals surface area contributed by atoms with E-state index in [-0.39, 0.29) is 0 Å². The maximum Gasteiger partial charge on any atom is 0.130 e. The fourth-order valence-corrected chi connectivity index (χ4v) is 3.56. The summed E-state index contributed by atoms with van der Waals surface area (Å²) in [6.45, 7) is 1.63. The summed E-state index contributed by atoms with van der Waals surface area (Å²) in [7, 11) is 2.05. The molecule has 2 nitrogen and oxygen atoms in total. The van der Waals surface area contributed by atoms with Crippen LogP contribution in [-0.2, 0) is 13.1 Å². The molecule has 2 rings (SSSR count). The molecular weight excluding hydrogens is 355 g/mol. The van der Waals surface area contributed by atoms with Gasteiger partial charge in [0.05, 0.1) is 0 Å². The molecule has 0 N–H and O–H groups in total. The van der Waals surface area contributed by atoms with Crippen LogP contribution in [0.5, 0.6) is 0 Å². The number of halogens is 3. The Morgan fingerprint density at radius 2 is 2.11 bits per heavy atom. The maximum atomic E-state index is 6.12. The smallest absolute Gasteiger partial charge is 0.130 e. The molecule has 2 heterocycles. The van der Waals surface area contributed by atoms with Gasteiger partial charge in [0.2, 0.25) is 0 Å². The van der Waals surface area contributed by atoms with Crippen molar-refractivity contribution in [1.29, 1.82) is 0 Å². The van der Waals surface area contributed by atoms with Crippen LogP contribution in [0.25, 0.3) is 0 Å². The minimum Gasteiger partial charge on any atom is -0.297 e. The van der Waals surface area contributed by atoms with Crippen LogP contribution in [0.15, 0.2) is 28.2 Å². The number of aromatic nitrogens is 1. The summed E-state index contributed by atoms with van der Waals surface area (Å²) in [5.41, 5.74) is 0.985. The minimum atomic E-state index is 0.425. The van der Waals surface area contributed by atoms with Crippen molar-refractivity contribution in [1.82, 2.24) is 9.88 Å². The summed E-state index contributed by atoms with van der Waals surface area (Å²) in [4.78, 5) is 7.55. The van der Waals surface area contributed by atoms with Gasteiger partial charge >= 0.3 is 0 Å². The van der Waals surface area contributed by atoms with Gasteiger partial charge in [0.25, 0.3) is 0 Å². The predicted octanol–water partition coefficient (Wildman–Crippen LogP) is 4.84. The van der Waals surface area contributed by atoms with Crippen molar-refractivity contribution in [3.63, 3.8) is 0 Å². The first-order chi connectivity index (χ1) is 8.54. The van der Waals surface area contributed by atoms with Crippen molar-refractivity contribution in [2.24, 2.45) is 0 Å². The molecule has 0 fully saturated rings. The molecule has 18 heavy (non-hydrogen) atoms. The highest BCUT2D eigenvalue weighted by Gasteiger charge is 2.07. The molecule has 0 saturated heterocycles. The second kappa shape index (κ2) is 6.35. The number of hydrogen-bond acceptors (Lipinski definition) is 3. The monoisotopic (exact) mass is 364 g/mol. The fourth-order valence-electron chi connectivity index (χ4n) is 1.60. The lowest BCUT2D eigenvalue weighted by Gasteiger charge is -2.16. The molecule has 0 aromatic carbocycles. The van der Waals surface area contributed by atoms with Crippen LogP contribution in [0.2, 0.25) is 10.2 Å². The Labute approximate surface area is 129 Å². The lowest BCUT2D eigenvalue weighted by atomic mass is 10.2. The van der Waals surface area contributed by atoms with Crippen LogP contribution in [0, 0.1) is 0 Å². The van der Waals surface area contributed by atoms with E-state index in [2.05, 4.69) is 44.3 Å². The molecule has 2 aromatic rings. The van der Waals surface area contributed by atoms with Gasteiger partial charge in [0, 0.05) is 44.6 Å². The normalized spacial score (nSPS) is 11.2. The minimum absolute atomic E-state index is 0.425. The van der Waals surface area contributed by atoms with Crippen molar-refractivity contribution in [3.8, 4) is 0 Å². The average Bonchev–Trinajstić information content (AvgIpc) is 2.68. The van der Waals surface area contributed by atoms with Crippen LogP contribution in [0.4, 0.5) is 0 Å². The number of thiophene rings is 1. The number of rotatable bonds is 4. The van der Waals surface area contributed by atoms with E-state index >= 15 is 0 Å². The van der Waals surface area contributed by atoms with Gasteiger partial charge in [-0.25, -0.2) is 4.98 Å². The van der Waals surface area contributed by atoms with Gasteiger partial charge < -0.3 is 0 Å². The van der Waals surface area contributed by atoms with Gasteiger partial charge in [-0.1, -0.05) is 23.2 Å². The SMILES string of the molecule is CN(Cc1cc(Br)cs1)Cc1cnc(Cl)cc1Cl. The number of nitrogens with zero attached hydrogens (tertiary/aromatic N) is 2. The van der Waals surface area contributed by atoms with Crippen molar-refractivity contribution in [3.05, 3.63) is 48.8 Å². The first kappa shape index (κ1) is 14.3. The Morgan fingerprint density at radius 3 is 2.72 bits per heavy atom. The van der Waals surface area contributed by atoms with E-state index in [0.717, 1.165) is 23.1 Å². The maximum absolute atomic E-state index is 6.12. The van der Waals surface area contributed by atoms with Crippen molar-refractivity contribution in [2.45, 2.75) is 13.1 Å². The molecule has 0 aliphatic carbocycles. The van der Waals surface area contributed by atoms with E-state index in [1.54, 1.807) is 23.6 Å². The molecule has 0 aliphatic rings. The molecular formula is C12H11BrCl2N2S. The summed E-state index contributed by atoms with van der Waals surface area (Å²) in [5.74, 6) is 0. The molecule has 96 valence electrons. The standard InChI is InChI=1S/C12H11BrCl2N2S/c1-17(6-10-2-9(13)7-18-10)5-8-4-16-12(15)3-11(8)14/h2-4,7H,5-6H2,1H3. The van der Waals surface area contributed by atoms with Crippen molar-refractivity contribution < 1.29 is 0 Å². The first-order valence-electron chi connectivity index (χ1n) is 5.26. The largest absolute Gasteiger partial charge is 0.297 e. The number of pyridine rings is 1. The quantitative estimate of drug-likeness (QED) is 0.720. The Bertz CT molecular complexity index is 545. The zero-order chi connectivity index (χ0) is 13.1. The summed E-state index contributed by atoms with van der Waals surface area (Å²) in [5, 5.41) is 3.17. The third-order valence-electron chi connectivity index (χ3n) is 2.38. The molecule has 0 spiro atoms. The van der Waals surface area contributed by atoms with E-state index in [1.165, 1.54) is 4.88 Å². The molecule has 0 unspecified atom stereocenters.